The highest BCUT2D eigenvalue weighted by atomic mass is 16.6. The molecule has 0 unspecified atom stereocenters. The molecule has 0 fully saturated rings. The lowest BCUT2D eigenvalue weighted by Gasteiger charge is -2.13. The van der Waals surface area contributed by atoms with Crippen LogP contribution in [-0.4, -0.2) is 53.7 Å². The lowest BCUT2D eigenvalue weighted by atomic mass is 9.94. The normalized spacial score (nSPS) is 10.3. The van der Waals surface area contributed by atoms with Gasteiger partial charge in [-0.3, -0.25) is 4.79 Å². The molecule has 0 atom stereocenters. The first-order valence-electron chi connectivity index (χ1n) is 8.22. The molecule has 26 heavy (non-hydrogen) atoms. The summed E-state index contributed by atoms with van der Waals surface area (Å²) in [7, 11) is 0. The zero-order chi connectivity index (χ0) is 19.5. The molecule has 0 spiro atoms. The van der Waals surface area contributed by atoms with Crippen molar-refractivity contribution >= 4 is 23.7 Å². The minimum absolute atomic E-state index is 0.0266. The van der Waals surface area contributed by atoms with Gasteiger partial charge in [-0.05, 0) is 18.4 Å². The Morgan fingerprint density at radius 1 is 1.04 bits per heavy atom. The molecule has 0 radical (unpaired) electrons. The van der Waals surface area contributed by atoms with Crippen molar-refractivity contribution in [3.05, 3.63) is 34.9 Å². The minimum Gasteiger partial charge on any atom is -0.464 e. The van der Waals surface area contributed by atoms with Crippen molar-refractivity contribution in [2.75, 3.05) is 19.8 Å². The summed E-state index contributed by atoms with van der Waals surface area (Å²) in [6.45, 7) is -0.0237. The van der Waals surface area contributed by atoms with Crippen molar-refractivity contribution in [1.82, 2.24) is 0 Å². The molecule has 0 bridgehead atoms. The minimum atomic E-state index is -1.12. The van der Waals surface area contributed by atoms with Crippen molar-refractivity contribution in [2.24, 2.45) is 0 Å². The van der Waals surface area contributed by atoms with Crippen LogP contribution in [0.5, 0.6) is 0 Å². The van der Waals surface area contributed by atoms with Crippen molar-refractivity contribution in [1.29, 1.82) is 0 Å². The molecular weight excluding hydrogens is 344 g/mol. The third kappa shape index (κ3) is 6.38. The molecule has 0 aromatic heterocycles. The molecule has 142 valence electrons. The van der Waals surface area contributed by atoms with Gasteiger partial charge in [0.05, 0.1) is 12.2 Å². The molecule has 0 heterocycles. The first-order chi connectivity index (χ1) is 12.4. The number of esters is 3. The van der Waals surface area contributed by atoms with Crippen molar-refractivity contribution in [3.63, 3.8) is 0 Å². The Labute approximate surface area is 150 Å². The number of aliphatic hydroxyl groups is 2. The molecule has 2 N–H and O–H groups in total. The van der Waals surface area contributed by atoms with Crippen LogP contribution in [0.25, 0.3) is 0 Å². The van der Waals surface area contributed by atoms with E-state index < -0.39 is 36.9 Å². The number of carbonyl (C=O) groups is 4. The number of benzene rings is 1. The second kappa shape index (κ2) is 11.1. The Morgan fingerprint density at radius 2 is 1.73 bits per heavy atom. The highest BCUT2D eigenvalue weighted by Crippen LogP contribution is 2.20. The fourth-order valence-electron chi connectivity index (χ4n) is 2.27. The Kier molecular flexibility index (Phi) is 9.18. The van der Waals surface area contributed by atoms with Gasteiger partial charge in [0.15, 0.2) is 5.78 Å². The van der Waals surface area contributed by atoms with E-state index in [9.17, 15) is 19.2 Å². The van der Waals surface area contributed by atoms with E-state index in [1.165, 1.54) is 6.07 Å². The van der Waals surface area contributed by atoms with Gasteiger partial charge in [0.25, 0.3) is 0 Å². The monoisotopic (exact) mass is 366 g/mol. The number of rotatable bonds is 10. The van der Waals surface area contributed by atoms with E-state index >= 15 is 0 Å². The summed E-state index contributed by atoms with van der Waals surface area (Å²) in [5, 5.41) is 17.3. The van der Waals surface area contributed by atoms with Crippen LogP contribution in [0.1, 0.15) is 52.5 Å². The summed E-state index contributed by atoms with van der Waals surface area (Å²) in [4.78, 5) is 46.9. The van der Waals surface area contributed by atoms with Crippen molar-refractivity contribution in [2.45, 2.75) is 32.6 Å². The third-order valence-electron chi connectivity index (χ3n) is 3.51. The predicted octanol–water partition coefficient (Wildman–Crippen LogP) is 0.813. The molecule has 0 aliphatic heterocycles. The van der Waals surface area contributed by atoms with Gasteiger partial charge >= 0.3 is 17.9 Å². The van der Waals surface area contributed by atoms with Crippen LogP contribution < -0.4 is 0 Å². The Morgan fingerprint density at radius 3 is 2.35 bits per heavy atom. The molecule has 0 saturated carbocycles. The first kappa shape index (κ1) is 21.5. The van der Waals surface area contributed by atoms with E-state index in [1.807, 2.05) is 6.92 Å². The number of ketones is 1. The number of ether oxygens (including phenoxy) is 2. The molecule has 0 amide bonds. The van der Waals surface area contributed by atoms with Crippen molar-refractivity contribution in [3.8, 4) is 0 Å². The number of hydrogen-bond donors (Lipinski definition) is 2. The smallest absolute Gasteiger partial charge is 0.346 e. The maximum Gasteiger partial charge on any atom is 0.346 e. The number of aliphatic hydroxyl groups excluding tert-OH is 2. The number of carbonyl (C=O) groups excluding carboxylic acids is 4. The summed E-state index contributed by atoms with van der Waals surface area (Å²) in [6, 6.07) is 4.70. The SMILES string of the molecule is CCCCc1cccc(C(=O)CCOC(=O)CO)c1C(=O)OC(=O)CO. The molecular formula is C18H22O8. The first-order valence-corrected chi connectivity index (χ1v) is 8.22. The molecule has 1 rings (SSSR count). The number of unbranched alkanes of at least 4 members (excludes halogenated alkanes) is 1. The Balaban J connectivity index is 3.08. The van der Waals surface area contributed by atoms with Crippen LogP contribution in [0.4, 0.5) is 0 Å². The van der Waals surface area contributed by atoms with Gasteiger partial charge in [0.2, 0.25) is 0 Å². The zero-order valence-electron chi connectivity index (χ0n) is 14.5. The quantitative estimate of drug-likeness (QED) is 0.354. The average molecular weight is 366 g/mol. The van der Waals surface area contributed by atoms with E-state index in [2.05, 4.69) is 9.47 Å². The zero-order valence-corrected chi connectivity index (χ0v) is 14.5. The van der Waals surface area contributed by atoms with Crippen LogP contribution in [0, 0.1) is 0 Å². The van der Waals surface area contributed by atoms with Crippen molar-refractivity contribution < 1.29 is 38.9 Å². The van der Waals surface area contributed by atoms with E-state index in [0.29, 0.717) is 12.0 Å². The number of Topliss-reactive ketones (excluding diaryl/α,β-unsaturated/α-hetero) is 1. The van der Waals surface area contributed by atoms with Crippen LogP contribution in [0.3, 0.4) is 0 Å². The summed E-state index contributed by atoms with van der Waals surface area (Å²) in [5.41, 5.74) is 0.580. The van der Waals surface area contributed by atoms with Gasteiger partial charge in [-0.15, -0.1) is 0 Å². The second-order valence-electron chi connectivity index (χ2n) is 5.41. The van der Waals surface area contributed by atoms with E-state index in [-0.39, 0.29) is 24.2 Å². The van der Waals surface area contributed by atoms with Gasteiger partial charge in [-0.2, -0.15) is 0 Å². The van der Waals surface area contributed by atoms with Crippen LogP contribution >= 0.6 is 0 Å². The molecule has 0 aliphatic rings. The third-order valence-corrected chi connectivity index (χ3v) is 3.51. The summed E-state index contributed by atoms with van der Waals surface area (Å²) in [5.74, 6) is -3.46. The molecule has 1 aromatic rings. The molecule has 8 nitrogen and oxygen atoms in total. The maximum absolute atomic E-state index is 12.4. The standard InChI is InChI=1S/C18H22O8/c1-2-3-5-12-6-4-7-13(14(21)8-9-25-15(22)10-19)17(12)18(24)26-16(23)11-20/h4,6-7,19-20H,2-3,5,8-11H2,1H3. The summed E-state index contributed by atoms with van der Waals surface area (Å²) >= 11 is 0. The van der Waals surface area contributed by atoms with Crippen LogP contribution in [0.2, 0.25) is 0 Å². The summed E-state index contributed by atoms with van der Waals surface area (Å²) < 4.78 is 9.21. The Hall–Kier alpha value is -2.58. The molecule has 1 aromatic carbocycles. The molecule has 0 aliphatic carbocycles. The largest absolute Gasteiger partial charge is 0.464 e. The number of aryl methyl sites for hydroxylation is 1. The Bertz CT molecular complexity index is 665. The lowest BCUT2D eigenvalue weighted by molar-refractivity contribution is -0.146. The average Bonchev–Trinajstić information content (AvgIpc) is 2.65. The fourth-order valence-corrected chi connectivity index (χ4v) is 2.27. The van der Waals surface area contributed by atoms with Gasteiger partial charge < -0.3 is 19.7 Å². The molecule has 8 heteroatoms. The molecule has 0 saturated heterocycles. The maximum atomic E-state index is 12.4. The van der Waals surface area contributed by atoms with E-state index in [4.69, 9.17) is 10.2 Å². The van der Waals surface area contributed by atoms with Gasteiger partial charge in [0, 0.05) is 12.0 Å². The van der Waals surface area contributed by atoms with Gasteiger partial charge in [-0.1, -0.05) is 31.5 Å². The van der Waals surface area contributed by atoms with E-state index in [0.717, 1.165) is 12.8 Å². The predicted molar refractivity (Wildman–Crippen MR) is 89.6 cm³/mol. The van der Waals surface area contributed by atoms with Crippen LogP contribution in [0.15, 0.2) is 18.2 Å². The second-order valence-corrected chi connectivity index (χ2v) is 5.41. The van der Waals surface area contributed by atoms with Gasteiger partial charge in [-0.25, -0.2) is 14.4 Å². The topological polar surface area (TPSA) is 127 Å². The number of hydrogen-bond acceptors (Lipinski definition) is 8. The van der Waals surface area contributed by atoms with E-state index in [1.54, 1.807) is 12.1 Å². The highest BCUT2D eigenvalue weighted by Gasteiger charge is 2.23. The summed E-state index contributed by atoms with van der Waals surface area (Å²) in [6.07, 6.45) is 1.94. The van der Waals surface area contributed by atoms with Crippen LogP contribution in [-0.2, 0) is 25.5 Å². The fraction of sp³-hybridized carbons (Fsp3) is 0.444. The lowest BCUT2D eigenvalue weighted by Crippen LogP contribution is -2.21. The van der Waals surface area contributed by atoms with Gasteiger partial charge in [0.1, 0.15) is 13.2 Å². The highest BCUT2D eigenvalue weighted by molar-refractivity contribution is 6.09.